The average Bonchev–Trinajstić information content (AvgIpc) is 2.28. The Morgan fingerprint density at radius 3 is 2.56 bits per heavy atom. The van der Waals surface area contributed by atoms with Gasteiger partial charge in [0, 0.05) is 5.69 Å². The second-order valence-corrected chi connectivity index (χ2v) is 3.24. The highest BCUT2D eigenvalue weighted by Crippen LogP contribution is 2.04. The van der Waals surface area contributed by atoms with E-state index in [2.05, 4.69) is 10.1 Å². The number of ketones is 1. The van der Waals surface area contributed by atoms with Crippen LogP contribution in [0.5, 0.6) is 0 Å². The van der Waals surface area contributed by atoms with Crippen molar-refractivity contribution in [3.05, 3.63) is 30.3 Å². The maximum absolute atomic E-state index is 11.3. The first-order valence-electron chi connectivity index (χ1n) is 5.18. The van der Waals surface area contributed by atoms with Crippen molar-refractivity contribution in [3.8, 4) is 0 Å². The molecule has 0 heterocycles. The Morgan fingerprint density at radius 1 is 1.25 bits per heavy atom. The molecule has 1 aromatic carbocycles. The van der Waals surface area contributed by atoms with Crippen molar-refractivity contribution in [1.29, 1.82) is 0 Å². The van der Waals surface area contributed by atoms with Crippen molar-refractivity contribution >= 4 is 17.4 Å². The third-order valence-corrected chi connectivity index (χ3v) is 1.91. The number of nitrogens with one attached hydrogen (secondary N) is 1. The second-order valence-electron chi connectivity index (χ2n) is 3.24. The normalized spacial score (nSPS) is 9.56. The fourth-order valence-electron chi connectivity index (χ4n) is 1.19. The van der Waals surface area contributed by atoms with Crippen LogP contribution in [0.25, 0.3) is 0 Å². The molecule has 1 rings (SSSR count). The molecule has 0 aliphatic rings. The van der Waals surface area contributed by atoms with Gasteiger partial charge in [-0.2, -0.15) is 0 Å². The number of Topliss-reactive ketones (excluding diaryl/α,β-unsaturated/α-hetero) is 1. The van der Waals surface area contributed by atoms with Crippen molar-refractivity contribution < 1.29 is 14.3 Å². The number of carbonyl (C=O) groups excluding carboxylic acids is 2. The van der Waals surface area contributed by atoms with E-state index in [1.54, 1.807) is 6.92 Å². The molecule has 1 aromatic rings. The Hall–Kier alpha value is -1.84. The van der Waals surface area contributed by atoms with Gasteiger partial charge in [-0.1, -0.05) is 18.2 Å². The van der Waals surface area contributed by atoms with E-state index in [9.17, 15) is 9.59 Å². The van der Waals surface area contributed by atoms with E-state index in [1.165, 1.54) is 0 Å². The Labute approximate surface area is 94.6 Å². The molecule has 0 atom stereocenters. The predicted molar refractivity (Wildman–Crippen MR) is 61.2 cm³/mol. The first kappa shape index (κ1) is 12.2. The van der Waals surface area contributed by atoms with Crippen LogP contribution in [0.2, 0.25) is 0 Å². The summed E-state index contributed by atoms with van der Waals surface area (Å²) in [5.74, 6) is -0.648. The first-order valence-corrected chi connectivity index (χ1v) is 5.18. The number of carbonyl (C=O) groups is 2. The fourth-order valence-corrected chi connectivity index (χ4v) is 1.19. The molecule has 0 aromatic heterocycles. The van der Waals surface area contributed by atoms with Crippen molar-refractivity contribution in [2.45, 2.75) is 13.3 Å². The zero-order valence-electron chi connectivity index (χ0n) is 9.23. The summed E-state index contributed by atoms with van der Waals surface area (Å²) >= 11 is 0. The number of benzene rings is 1. The van der Waals surface area contributed by atoms with Gasteiger partial charge in [-0.25, -0.2) is 0 Å². The van der Waals surface area contributed by atoms with E-state index in [4.69, 9.17) is 0 Å². The molecule has 0 aliphatic heterocycles. The SMILES string of the molecule is CCOC(=O)CC(=O)CNc1ccccc1. The van der Waals surface area contributed by atoms with Crippen LogP contribution in [-0.4, -0.2) is 24.9 Å². The van der Waals surface area contributed by atoms with Crippen molar-refractivity contribution in [1.82, 2.24) is 0 Å². The number of anilines is 1. The number of hydrogen-bond donors (Lipinski definition) is 1. The highest BCUT2D eigenvalue weighted by molar-refractivity contribution is 5.97. The van der Waals surface area contributed by atoms with E-state index >= 15 is 0 Å². The molecule has 4 nitrogen and oxygen atoms in total. The van der Waals surface area contributed by atoms with Crippen LogP contribution < -0.4 is 5.32 Å². The lowest BCUT2D eigenvalue weighted by Crippen LogP contribution is -2.18. The average molecular weight is 221 g/mol. The highest BCUT2D eigenvalue weighted by atomic mass is 16.5. The van der Waals surface area contributed by atoms with Crippen LogP contribution in [0.3, 0.4) is 0 Å². The van der Waals surface area contributed by atoms with Gasteiger partial charge in [0.1, 0.15) is 6.42 Å². The van der Waals surface area contributed by atoms with Gasteiger partial charge in [0.05, 0.1) is 13.2 Å². The van der Waals surface area contributed by atoms with Gasteiger partial charge in [-0.15, -0.1) is 0 Å². The number of ether oxygens (including phenoxy) is 1. The summed E-state index contributed by atoms with van der Waals surface area (Å²) in [7, 11) is 0. The highest BCUT2D eigenvalue weighted by Gasteiger charge is 2.09. The zero-order valence-corrected chi connectivity index (χ0v) is 9.23. The minimum atomic E-state index is -0.470. The fraction of sp³-hybridized carbons (Fsp3) is 0.333. The lowest BCUT2D eigenvalue weighted by molar-refractivity contribution is -0.145. The van der Waals surface area contributed by atoms with Crippen LogP contribution in [-0.2, 0) is 14.3 Å². The third-order valence-electron chi connectivity index (χ3n) is 1.91. The smallest absolute Gasteiger partial charge is 0.313 e. The number of para-hydroxylation sites is 1. The molecule has 0 spiro atoms. The van der Waals surface area contributed by atoms with E-state index in [0.717, 1.165) is 5.69 Å². The van der Waals surface area contributed by atoms with E-state index in [0.29, 0.717) is 6.61 Å². The maximum atomic E-state index is 11.3. The molecule has 16 heavy (non-hydrogen) atoms. The van der Waals surface area contributed by atoms with Crippen LogP contribution >= 0.6 is 0 Å². The lowest BCUT2D eigenvalue weighted by atomic mass is 10.2. The second kappa shape index (κ2) is 6.61. The molecular formula is C12H15NO3. The molecule has 0 saturated heterocycles. The van der Waals surface area contributed by atoms with E-state index in [1.807, 2.05) is 30.3 Å². The zero-order chi connectivity index (χ0) is 11.8. The summed E-state index contributed by atoms with van der Waals surface area (Å²) in [4.78, 5) is 22.3. The largest absolute Gasteiger partial charge is 0.466 e. The first-order chi connectivity index (χ1) is 7.72. The Bertz CT molecular complexity index is 349. The molecular weight excluding hydrogens is 206 g/mol. The molecule has 0 amide bonds. The van der Waals surface area contributed by atoms with Crippen LogP contribution in [0, 0.1) is 0 Å². The van der Waals surface area contributed by atoms with Gasteiger partial charge in [0.2, 0.25) is 0 Å². The molecule has 0 fully saturated rings. The standard InChI is InChI=1S/C12H15NO3/c1-2-16-12(15)8-11(14)9-13-10-6-4-3-5-7-10/h3-7,13H,2,8-9H2,1H3. The van der Waals surface area contributed by atoms with E-state index in [-0.39, 0.29) is 18.7 Å². The van der Waals surface area contributed by atoms with Crippen molar-refractivity contribution in [3.63, 3.8) is 0 Å². The maximum Gasteiger partial charge on any atom is 0.313 e. The number of rotatable bonds is 6. The molecule has 0 radical (unpaired) electrons. The van der Waals surface area contributed by atoms with E-state index < -0.39 is 5.97 Å². The lowest BCUT2D eigenvalue weighted by Gasteiger charge is -2.05. The van der Waals surface area contributed by atoms with Gasteiger partial charge in [-0.3, -0.25) is 9.59 Å². The summed E-state index contributed by atoms with van der Waals surface area (Å²) in [6.07, 6.45) is -0.173. The Kier molecular flexibility index (Phi) is 5.05. The molecule has 0 aliphatic carbocycles. The minimum absolute atomic E-state index is 0.142. The minimum Gasteiger partial charge on any atom is -0.466 e. The molecule has 4 heteroatoms. The molecule has 86 valence electrons. The van der Waals surface area contributed by atoms with Crippen LogP contribution in [0.4, 0.5) is 5.69 Å². The Balaban J connectivity index is 2.28. The number of esters is 1. The Morgan fingerprint density at radius 2 is 1.94 bits per heavy atom. The quantitative estimate of drug-likeness (QED) is 0.586. The summed E-state index contributed by atoms with van der Waals surface area (Å²) in [5.41, 5.74) is 0.861. The summed E-state index contributed by atoms with van der Waals surface area (Å²) < 4.78 is 4.68. The summed E-state index contributed by atoms with van der Waals surface area (Å²) in [6, 6.07) is 9.36. The van der Waals surface area contributed by atoms with Crippen molar-refractivity contribution in [2.75, 3.05) is 18.5 Å². The van der Waals surface area contributed by atoms with Gasteiger partial charge in [0.25, 0.3) is 0 Å². The van der Waals surface area contributed by atoms with Gasteiger partial charge in [-0.05, 0) is 19.1 Å². The molecule has 0 unspecified atom stereocenters. The van der Waals surface area contributed by atoms with Gasteiger partial charge in [0.15, 0.2) is 5.78 Å². The number of hydrogen-bond acceptors (Lipinski definition) is 4. The molecule has 0 saturated carbocycles. The molecule has 1 N–H and O–H groups in total. The predicted octanol–water partition coefficient (Wildman–Crippen LogP) is 1.62. The monoisotopic (exact) mass is 221 g/mol. The van der Waals surface area contributed by atoms with Gasteiger partial charge >= 0.3 is 5.97 Å². The van der Waals surface area contributed by atoms with Crippen LogP contribution in [0.15, 0.2) is 30.3 Å². The van der Waals surface area contributed by atoms with Crippen LogP contribution in [0.1, 0.15) is 13.3 Å². The van der Waals surface area contributed by atoms with Crippen molar-refractivity contribution in [2.24, 2.45) is 0 Å². The van der Waals surface area contributed by atoms with Gasteiger partial charge < -0.3 is 10.1 Å². The molecule has 0 bridgehead atoms. The third kappa shape index (κ3) is 4.59. The summed E-state index contributed by atoms with van der Waals surface area (Å²) in [6.45, 7) is 2.16. The summed E-state index contributed by atoms with van der Waals surface area (Å²) in [5, 5.41) is 2.93. The topological polar surface area (TPSA) is 55.4 Å².